The number of amides is 4. The Morgan fingerprint density at radius 2 is 1.53 bits per heavy atom. The summed E-state index contributed by atoms with van der Waals surface area (Å²) >= 11 is 0. The molecule has 0 spiro atoms. The molecule has 0 aliphatic carbocycles. The van der Waals surface area contributed by atoms with Crippen LogP contribution in [0, 0.1) is 6.92 Å². The topological polar surface area (TPSA) is 163 Å². The van der Waals surface area contributed by atoms with Crippen LogP contribution in [0.2, 0.25) is 0 Å². The van der Waals surface area contributed by atoms with Crippen LogP contribution in [0.3, 0.4) is 0 Å². The van der Waals surface area contributed by atoms with Crippen molar-refractivity contribution in [1.29, 1.82) is 0 Å². The first-order valence-electron chi connectivity index (χ1n) is 11.3. The Morgan fingerprint density at radius 1 is 0.917 bits per heavy atom. The van der Waals surface area contributed by atoms with Gasteiger partial charge >= 0.3 is 11.8 Å². The maximum absolute atomic E-state index is 12.8. The van der Waals surface area contributed by atoms with E-state index in [-0.39, 0.29) is 51.4 Å². The van der Waals surface area contributed by atoms with E-state index in [0.29, 0.717) is 0 Å². The summed E-state index contributed by atoms with van der Waals surface area (Å²) in [6.45, 7) is 0.614. The quantitative estimate of drug-likeness (QED) is 0.463. The van der Waals surface area contributed by atoms with E-state index < -0.39 is 41.6 Å². The molecule has 2 aromatic rings. The molecule has 1 fully saturated rings. The van der Waals surface area contributed by atoms with Gasteiger partial charge in [-0.15, -0.1) is 0 Å². The summed E-state index contributed by atoms with van der Waals surface area (Å²) in [6, 6.07) is 9.08. The van der Waals surface area contributed by atoms with Gasteiger partial charge in [0.2, 0.25) is 17.7 Å². The Labute approximate surface area is 206 Å². The number of hydrogen-bond acceptors (Lipinski definition) is 7. The van der Waals surface area contributed by atoms with Crippen molar-refractivity contribution in [2.75, 3.05) is 39.3 Å². The lowest BCUT2D eigenvalue weighted by Crippen LogP contribution is -2.50. The Kier molecular flexibility index (Phi) is 8.97. The van der Waals surface area contributed by atoms with Crippen molar-refractivity contribution in [1.82, 2.24) is 30.0 Å². The van der Waals surface area contributed by atoms with Crippen molar-refractivity contribution in [2.24, 2.45) is 0 Å². The highest BCUT2D eigenvalue weighted by Gasteiger charge is 2.22. The van der Waals surface area contributed by atoms with E-state index in [1.807, 2.05) is 18.2 Å². The molecule has 0 bridgehead atoms. The molecule has 1 saturated heterocycles. The van der Waals surface area contributed by atoms with E-state index >= 15 is 0 Å². The molecule has 3 N–H and O–H groups in total. The molecule has 2 heterocycles. The van der Waals surface area contributed by atoms with Crippen LogP contribution in [0.5, 0.6) is 0 Å². The Hall–Kier alpha value is -4.42. The third-order valence-corrected chi connectivity index (χ3v) is 5.39. The van der Waals surface area contributed by atoms with Gasteiger partial charge in [-0.2, -0.15) is 0 Å². The Balaban J connectivity index is 1.60. The molecule has 1 aromatic heterocycles. The number of hydrogen-bond donors (Lipinski definition) is 3. The van der Waals surface area contributed by atoms with Gasteiger partial charge in [-0.3, -0.25) is 33.6 Å². The lowest BCUT2D eigenvalue weighted by Gasteiger charge is -2.26. The van der Waals surface area contributed by atoms with Crippen molar-refractivity contribution in [2.45, 2.75) is 20.1 Å². The maximum atomic E-state index is 12.8. The second-order valence-corrected chi connectivity index (χ2v) is 8.18. The van der Waals surface area contributed by atoms with Gasteiger partial charge < -0.3 is 20.3 Å². The fraction of sp³-hybridized carbons (Fsp3) is 0.391. The van der Waals surface area contributed by atoms with Gasteiger partial charge in [0.25, 0.3) is 5.56 Å². The van der Waals surface area contributed by atoms with E-state index in [9.17, 15) is 28.8 Å². The van der Waals surface area contributed by atoms with Gasteiger partial charge in [-0.05, 0) is 12.5 Å². The molecule has 13 heteroatoms. The normalized spacial score (nSPS) is 15.2. The monoisotopic (exact) mass is 500 g/mol. The highest BCUT2D eigenvalue weighted by atomic mass is 16.6. The minimum atomic E-state index is -0.745. The minimum Gasteiger partial charge on any atom is -0.445 e. The predicted molar refractivity (Wildman–Crippen MR) is 127 cm³/mol. The van der Waals surface area contributed by atoms with Crippen LogP contribution >= 0.6 is 0 Å². The van der Waals surface area contributed by atoms with Crippen molar-refractivity contribution < 1.29 is 23.9 Å². The van der Waals surface area contributed by atoms with Gasteiger partial charge in [0.15, 0.2) is 0 Å². The average Bonchev–Trinajstić information content (AvgIpc) is 2.84. The second-order valence-electron chi connectivity index (χ2n) is 8.18. The highest BCUT2D eigenvalue weighted by Crippen LogP contribution is 2.04. The number of benzene rings is 1. The number of H-pyrrole nitrogens is 1. The highest BCUT2D eigenvalue weighted by molar-refractivity contribution is 5.85. The van der Waals surface area contributed by atoms with Crippen LogP contribution in [0.4, 0.5) is 4.79 Å². The Morgan fingerprint density at radius 3 is 2.19 bits per heavy atom. The fourth-order valence-electron chi connectivity index (χ4n) is 3.44. The smallest absolute Gasteiger partial charge is 0.410 e. The van der Waals surface area contributed by atoms with Crippen LogP contribution in [0.25, 0.3) is 0 Å². The van der Waals surface area contributed by atoms with Crippen molar-refractivity contribution in [3.8, 4) is 0 Å². The first-order valence-corrected chi connectivity index (χ1v) is 11.3. The molecule has 3 rings (SSSR count). The number of carbonyl (C=O) groups is 4. The van der Waals surface area contributed by atoms with E-state index in [4.69, 9.17) is 4.74 Å². The third kappa shape index (κ3) is 7.55. The number of aryl methyl sites for hydroxylation is 1. The molecule has 1 aromatic carbocycles. The second kappa shape index (κ2) is 12.3. The number of ether oxygens (including phenoxy) is 1. The first kappa shape index (κ1) is 26.2. The van der Waals surface area contributed by atoms with E-state index in [0.717, 1.165) is 10.1 Å². The predicted octanol–water partition coefficient (Wildman–Crippen LogP) is -1.44. The number of nitrogens with one attached hydrogen (secondary N) is 3. The number of aromatic nitrogens is 2. The van der Waals surface area contributed by atoms with Crippen LogP contribution in [0.1, 0.15) is 11.1 Å². The molecule has 0 saturated carbocycles. The number of aromatic amines is 1. The molecular weight excluding hydrogens is 472 g/mol. The van der Waals surface area contributed by atoms with Crippen molar-refractivity contribution in [3.05, 3.63) is 68.5 Å². The van der Waals surface area contributed by atoms with Gasteiger partial charge in [0.1, 0.15) is 19.7 Å². The standard InChI is InChI=1S/C23H28N6O7/c1-16-11-29(22(34)26-21(16)33)14-20(32)27-9-7-24-19(31)13-28(10-8-25-18(30)12-27)23(35)36-15-17-5-3-2-4-6-17/h2-6,11H,7-10,12-15H2,1H3,(H,24,31)(H,25,30)(H,26,33,34). The van der Waals surface area contributed by atoms with Crippen molar-refractivity contribution >= 4 is 23.8 Å². The average molecular weight is 501 g/mol. The van der Waals surface area contributed by atoms with Gasteiger partial charge in [-0.25, -0.2) is 9.59 Å². The molecule has 4 amide bonds. The fourth-order valence-corrected chi connectivity index (χ4v) is 3.44. The van der Waals surface area contributed by atoms with E-state index in [2.05, 4.69) is 15.6 Å². The van der Waals surface area contributed by atoms with E-state index in [1.54, 1.807) is 12.1 Å². The molecule has 36 heavy (non-hydrogen) atoms. The van der Waals surface area contributed by atoms with Crippen LogP contribution < -0.4 is 21.9 Å². The summed E-state index contributed by atoms with van der Waals surface area (Å²) in [4.78, 5) is 78.2. The number of carbonyl (C=O) groups excluding carboxylic acids is 4. The molecule has 192 valence electrons. The summed E-state index contributed by atoms with van der Waals surface area (Å²) in [5.74, 6) is -1.48. The number of nitrogens with zero attached hydrogens (tertiary/aromatic N) is 3. The van der Waals surface area contributed by atoms with Crippen LogP contribution in [-0.2, 0) is 32.3 Å². The first-order chi connectivity index (χ1) is 17.2. The van der Waals surface area contributed by atoms with Gasteiger partial charge in [0, 0.05) is 37.9 Å². The molecule has 1 aliphatic heterocycles. The van der Waals surface area contributed by atoms with Crippen molar-refractivity contribution in [3.63, 3.8) is 0 Å². The molecule has 0 unspecified atom stereocenters. The summed E-state index contributed by atoms with van der Waals surface area (Å²) in [5.41, 5.74) is -0.240. The summed E-state index contributed by atoms with van der Waals surface area (Å²) in [5, 5.41) is 5.24. The molecular formula is C23H28N6O7. The van der Waals surface area contributed by atoms with E-state index in [1.165, 1.54) is 22.9 Å². The maximum Gasteiger partial charge on any atom is 0.410 e. The molecule has 0 radical (unpaired) electrons. The van der Waals surface area contributed by atoms with Gasteiger partial charge in [-0.1, -0.05) is 30.3 Å². The number of rotatable bonds is 4. The zero-order valence-corrected chi connectivity index (χ0v) is 19.8. The molecule has 13 nitrogen and oxygen atoms in total. The van der Waals surface area contributed by atoms with Crippen LogP contribution in [-0.4, -0.2) is 82.4 Å². The third-order valence-electron chi connectivity index (χ3n) is 5.39. The molecule has 0 atom stereocenters. The summed E-state index contributed by atoms with van der Waals surface area (Å²) in [7, 11) is 0. The zero-order valence-electron chi connectivity index (χ0n) is 19.8. The zero-order chi connectivity index (χ0) is 26.1. The largest absolute Gasteiger partial charge is 0.445 e. The van der Waals surface area contributed by atoms with Crippen LogP contribution in [0.15, 0.2) is 46.1 Å². The minimum absolute atomic E-state index is 0.00642. The molecule has 1 aliphatic rings. The van der Waals surface area contributed by atoms with Gasteiger partial charge in [0.05, 0.1) is 6.54 Å². The lowest BCUT2D eigenvalue weighted by molar-refractivity contribution is -0.137. The summed E-state index contributed by atoms with van der Waals surface area (Å²) in [6.07, 6.45) is 0.571. The SMILES string of the molecule is Cc1cn(CC(=O)N2CCNC(=O)CN(C(=O)OCc3ccccc3)CCNC(=O)C2)c(=O)[nH]c1=O. The Bertz CT molecular complexity index is 1220. The summed E-state index contributed by atoms with van der Waals surface area (Å²) < 4.78 is 6.34. The lowest BCUT2D eigenvalue weighted by atomic mass is 10.2.